The van der Waals surface area contributed by atoms with E-state index in [1.807, 2.05) is 54.6 Å². The summed E-state index contributed by atoms with van der Waals surface area (Å²) in [5.41, 5.74) is 1.75. The quantitative estimate of drug-likeness (QED) is 0.226. The highest BCUT2D eigenvalue weighted by Gasteiger charge is 2.38. The average Bonchev–Trinajstić information content (AvgIpc) is 3.03. The van der Waals surface area contributed by atoms with Crippen LogP contribution in [0.3, 0.4) is 0 Å². The predicted octanol–water partition coefficient (Wildman–Crippen LogP) is 5.86. The van der Waals surface area contributed by atoms with Crippen molar-refractivity contribution in [2.45, 2.75) is 62.6 Å². The van der Waals surface area contributed by atoms with Crippen molar-refractivity contribution in [3.05, 3.63) is 102 Å². The third-order valence-electron chi connectivity index (χ3n) is 8.63. The Bertz CT molecular complexity index is 1360. The molecular weight excluding hydrogens is 582 g/mol. The second-order valence-corrected chi connectivity index (χ2v) is 13.3. The molecule has 1 heterocycles. The van der Waals surface area contributed by atoms with E-state index >= 15 is 0 Å². The Morgan fingerprint density at radius 1 is 0.977 bits per heavy atom. The van der Waals surface area contributed by atoms with Crippen LogP contribution in [0.15, 0.2) is 95.9 Å². The van der Waals surface area contributed by atoms with Crippen LogP contribution in [0, 0.1) is 5.92 Å². The van der Waals surface area contributed by atoms with Gasteiger partial charge < -0.3 is 10.1 Å². The summed E-state index contributed by atoms with van der Waals surface area (Å²) in [6, 6.07) is 28.7. The van der Waals surface area contributed by atoms with E-state index in [-0.39, 0.29) is 35.9 Å². The number of hydrogen-bond donors (Lipinski definition) is 1. The first kappa shape index (κ1) is 34.7. The molecule has 0 aliphatic carbocycles. The van der Waals surface area contributed by atoms with Crippen LogP contribution in [0.5, 0.6) is 0 Å². The van der Waals surface area contributed by atoms with Crippen LogP contribution in [-0.4, -0.2) is 63.0 Å². The van der Waals surface area contributed by atoms with Gasteiger partial charge in [-0.3, -0.25) is 9.69 Å². The second kappa shape index (κ2) is 16.4. The lowest BCUT2D eigenvalue weighted by atomic mass is 9.75. The highest BCUT2D eigenvalue weighted by atomic mass is 35.5. The first-order valence-electron chi connectivity index (χ1n) is 15.0. The molecule has 4 rings (SSSR count). The number of likely N-dealkylation sites (tertiary alicyclic amines) is 1. The van der Waals surface area contributed by atoms with Crippen LogP contribution in [-0.2, 0) is 31.6 Å². The van der Waals surface area contributed by atoms with Crippen molar-refractivity contribution in [2.75, 3.05) is 33.2 Å². The monoisotopic (exact) mass is 627 g/mol. The summed E-state index contributed by atoms with van der Waals surface area (Å²) in [7, 11) is -1.96. The zero-order valence-electron chi connectivity index (χ0n) is 25.5. The maximum Gasteiger partial charge on any atom is 0.309 e. The van der Waals surface area contributed by atoms with Gasteiger partial charge in [-0.2, -0.15) is 0 Å². The van der Waals surface area contributed by atoms with Crippen LogP contribution in [0.1, 0.15) is 50.7 Å². The first-order chi connectivity index (χ1) is 20.3. The van der Waals surface area contributed by atoms with Crippen molar-refractivity contribution in [3.63, 3.8) is 0 Å². The number of hydrogen-bond acceptors (Lipinski definition) is 6. The molecule has 1 fully saturated rings. The number of nitrogens with one attached hydrogen (secondary N) is 1. The van der Waals surface area contributed by atoms with Gasteiger partial charge in [-0.15, -0.1) is 12.4 Å². The number of benzene rings is 3. The maximum atomic E-state index is 13.5. The molecule has 0 aromatic heterocycles. The minimum absolute atomic E-state index is 0. The number of halogens is 1. The Kier molecular flexibility index (Phi) is 13.2. The van der Waals surface area contributed by atoms with Crippen LogP contribution in [0.4, 0.5) is 0 Å². The van der Waals surface area contributed by atoms with Crippen molar-refractivity contribution in [2.24, 2.45) is 5.92 Å². The number of likely N-dealkylation sites (N-methyl/N-ethyl adjacent to an activating group) is 1. The van der Waals surface area contributed by atoms with Gasteiger partial charge in [-0.25, -0.2) is 12.7 Å². The number of carbonyl (C=O) groups excluding carboxylic acids is 1. The van der Waals surface area contributed by atoms with E-state index in [1.54, 1.807) is 31.3 Å². The third-order valence-corrected chi connectivity index (χ3v) is 10.4. The number of piperidine rings is 1. The predicted molar refractivity (Wildman–Crippen MR) is 175 cm³/mol. The topological polar surface area (TPSA) is 79.0 Å². The highest BCUT2D eigenvalue weighted by Crippen LogP contribution is 2.35. The maximum absolute atomic E-state index is 13.5. The Hall–Kier alpha value is -2.75. The molecular formula is C34H46ClN3O4S. The summed E-state index contributed by atoms with van der Waals surface area (Å²) < 4.78 is 34.2. The SMILES string of the molecule is CCN[C@H]1CC(C(=O)OCc2ccccc2)CCN1CC[C@](CC)(CN(C)S(=O)(=O)c1ccccc1)c1ccccc1.Cl. The molecule has 3 atom stereocenters. The average molecular weight is 628 g/mol. The zero-order chi connectivity index (χ0) is 30.0. The number of ether oxygens (including phenoxy) is 1. The molecule has 0 bridgehead atoms. The number of esters is 1. The van der Waals surface area contributed by atoms with Gasteiger partial charge in [0.1, 0.15) is 6.61 Å². The summed E-state index contributed by atoms with van der Waals surface area (Å²) in [4.78, 5) is 15.7. The summed E-state index contributed by atoms with van der Waals surface area (Å²) in [5, 5.41) is 3.59. The zero-order valence-corrected chi connectivity index (χ0v) is 27.2. The molecule has 3 aromatic carbocycles. The number of rotatable bonds is 14. The van der Waals surface area contributed by atoms with Crippen LogP contribution in [0.25, 0.3) is 0 Å². The molecule has 9 heteroatoms. The van der Waals surface area contributed by atoms with Crippen molar-refractivity contribution < 1.29 is 17.9 Å². The van der Waals surface area contributed by atoms with E-state index in [0.717, 1.165) is 50.0 Å². The van der Waals surface area contributed by atoms with E-state index in [4.69, 9.17) is 4.74 Å². The van der Waals surface area contributed by atoms with Gasteiger partial charge in [0.2, 0.25) is 10.0 Å². The van der Waals surface area contributed by atoms with Crippen LogP contribution >= 0.6 is 12.4 Å². The Balaban J connectivity index is 0.00000506. The first-order valence-corrected chi connectivity index (χ1v) is 16.5. The van der Waals surface area contributed by atoms with E-state index in [9.17, 15) is 13.2 Å². The van der Waals surface area contributed by atoms with Gasteiger partial charge in [-0.05, 0) is 55.5 Å². The fourth-order valence-electron chi connectivity index (χ4n) is 6.03. The minimum atomic E-state index is -3.64. The van der Waals surface area contributed by atoms with E-state index in [2.05, 4.69) is 36.2 Å². The van der Waals surface area contributed by atoms with Crippen molar-refractivity contribution in [3.8, 4) is 0 Å². The van der Waals surface area contributed by atoms with E-state index in [0.29, 0.717) is 24.5 Å². The molecule has 0 amide bonds. The molecule has 7 nitrogen and oxygen atoms in total. The highest BCUT2D eigenvalue weighted by molar-refractivity contribution is 7.89. The fraction of sp³-hybridized carbons (Fsp3) is 0.441. The number of sulfonamides is 1. The normalized spacial score (nSPS) is 18.9. The van der Waals surface area contributed by atoms with Gasteiger partial charge in [0, 0.05) is 32.1 Å². The van der Waals surface area contributed by atoms with Crippen molar-refractivity contribution >= 4 is 28.4 Å². The molecule has 1 N–H and O–H groups in total. The standard InChI is InChI=1S/C34H45N3O4S.ClH/c1-4-34(30-17-11-7-12-18-30,27-36(3)42(39,40)31-19-13-8-14-20-31)22-24-37-23-21-29(25-32(37)35-5-2)33(38)41-26-28-15-9-6-10-16-28;/h6-20,29,32,35H,4-5,21-27H2,1-3H3;1H/t29?,32-,34-;/m1./s1. The molecule has 3 aromatic rings. The molecule has 0 radical (unpaired) electrons. The molecule has 1 aliphatic rings. The lowest BCUT2D eigenvalue weighted by Gasteiger charge is -2.43. The van der Waals surface area contributed by atoms with Crippen molar-refractivity contribution in [1.82, 2.24) is 14.5 Å². The molecule has 0 spiro atoms. The lowest BCUT2D eigenvalue weighted by Crippen LogP contribution is -2.53. The lowest BCUT2D eigenvalue weighted by molar-refractivity contribution is -0.152. The smallest absolute Gasteiger partial charge is 0.309 e. The third kappa shape index (κ3) is 8.89. The molecule has 1 saturated heterocycles. The van der Waals surface area contributed by atoms with Gasteiger partial charge in [-0.1, -0.05) is 92.7 Å². The summed E-state index contributed by atoms with van der Waals surface area (Å²) >= 11 is 0. The fourth-order valence-corrected chi connectivity index (χ4v) is 7.31. The van der Waals surface area contributed by atoms with Gasteiger partial charge >= 0.3 is 5.97 Å². The van der Waals surface area contributed by atoms with E-state index in [1.165, 1.54) is 4.31 Å². The summed E-state index contributed by atoms with van der Waals surface area (Å²) in [6.07, 6.45) is 3.05. The minimum Gasteiger partial charge on any atom is -0.461 e. The van der Waals surface area contributed by atoms with Crippen molar-refractivity contribution in [1.29, 1.82) is 0 Å². The molecule has 1 aliphatic heterocycles. The summed E-state index contributed by atoms with van der Waals surface area (Å²) in [5.74, 6) is -0.289. The Morgan fingerprint density at radius 2 is 1.58 bits per heavy atom. The van der Waals surface area contributed by atoms with Gasteiger partial charge in [0.15, 0.2) is 0 Å². The van der Waals surface area contributed by atoms with Crippen LogP contribution in [0.2, 0.25) is 0 Å². The second-order valence-electron chi connectivity index (χ2n) is 11.2. The molecule has 1 unspecified atom stereocenters. The Labute approximate surface area is 264 Å². The number of carbonyl (C=O) groups is 1. The van der Waals surface area contributed by atoms with Gasteiger partial charge in [0.25, 0.3) is 0 Å². The van der Waals surface area contributed by atoms with E-state index < -0.39 is 10.0 Å². The number of nitrogens with zero attached hydrogens (tertiary/aromatic N) is 2. The van der Waals surface area contributed by atoms with Gasteiger partial charge in [0.05, 0.1) is 17.0 Å². The molecule has 43 heavy (non-hydrogen) atoms. The molecule has 234 valence electrons. The van der Waals surface area contributed by atoms with Crippen LogP contribution < -0.4 is 5.32 Å². The molecule has 0 saturated carbocycles. The largest absolute Gasteiger partial charge is 0.461 e. The Morgan fingerprint density at radius 3 is 2.19 bits per heavy atom. The summed E-state index contributed by atoms with van der Waals surface area (Å²) in [6.45, 7) is 7.25.